The van der Waals surface area contributed by atoms with Gasteiger partial charge >= 0.3 is 6.03 Å². The Hall–Kier alpha value is -2.25. The zero-order chi connectivity index (χ0) is 21.9. The highest BCUT2D eigenvalue weighted by Crippen LogP contribution is 2.33. The monoisotopic (exact) mass is 417 g/mol. The first-order valence-electron chi connectivity index (χ1n) is 9.73. The molecule has 0 bridgehead atoms. The summed E-state index contributed by atoms with van der Waals surface area (Å²) in [7, 11) is -1.86. The van der Waals surface area contributed by atoms with Crippen molar-refractivity contribution in [2.45, 2.75) is 70.9 Å². The van der Waals surface area contributed by atoms with E-state index >= 15 is 0 Å². The van der Waals surface area contributed by atoms with Gasteiger partial charge < -0.3 is 10.4 Å². The fourth-order valence-electron chi connectivity index (χ4n) is 3.07. The quantitative estimate of drug-likeness (QED) is 0.635. The van der Waals surface area contributed by atoms with E-state index in [9.17, 15) is 14.1 Å². The number of nitrogens with one attached hydrogen (secondary N) is 2. The molecule has 0 spiro atoms. The molecule has 2 amide bonds. The second-order valence-electron chi connectivity index (χ2n) is 8.39. The molecule has 0 aliphatic heterocycles. The van der Waals surface area contributed by atoms with Crippen molar-refractivity contribution in [3.05, 3.63) is 52.7 Å². The van der Waals surface area contributed by atoms with Crippen molar-refractivity contribution >= 4 is 22.7 Å². The van der Waals surface area contributed by atoms with Crippen LogP contribution in [-0.4, -0.2) is 20.3 Å². The lowest BCUT2D eigenvalue weighted by molar-refractivity contribution is 0.0782. The lowest BCUT2D eigenvalue weighted by Gasteiger charge is -2.21. The number of anilines is 1. The maximum atomic E-state index is 12.6. The number of urea groups is 1. The number of amides is 2. The summed E-state index contributed by atoms with van der Waals surface area (Å²) in [5, 5.41) is 13.2. The van der Waals surface area contributed by atoms with Gasteiger partial charge in [0, 0.05) is 11.9 Å². The van der Waals surface area contributed by atoms with Gasteiger partial charge in [-0.05, 0) is 61.4 Å². The van der Waals surface area contributed by atoms with Crippen LogP contribution in [0.1, 0.15) is 75.6 Å². The largest absolute Gasteiger partial charge is 0.386 e. The number of pyridine rings is 1. The third-order valence-electron chi connectivity index (χ3n) is 4.64. The number of rotatable bonds is 6. The highest BCUT2D eigenvalue weighted by Gasteiger charge is 2.21. The first-order chi connectivity index (χ1) is 13.4. The molecule has 0 aliphatic carbocycles. The van der Waals surface area contributed by atoms with E-state index in [1.165, 1.54) is 12.3 Å². The number of carbonyl (C=O) groups is 1. The number of aryl methyl sites for hydroxylation is 1. The van der Waals surface area contributed by atoms with Crippen molar-refractivity contribution in [1.82, 2.24) is 9.71 Å². The van der Waals surface area contributed by atoms with Gasteiger partial charge in [0.15, 0.2) is 11.0 Å². The second kappa shape index (κ2) is 9.05. The predicted octanol–water partition coefficient (Wildman–Crippen LogP) is 4.71. The van der Waals surface area contributed by atoms with Gasteiger partial charge in [-0.3, -0.25) is 4.72 Å². The first-order valence-corrected chi connectivity index (χ1v) is 10.9. The Morgan fingerprint density at radius 1 is 1.10 bits per heavy atom. The van der Waals surface area contributed by atoms with E-state index in [1.807, 2.05) is 6.92 Å². The molecule has 0 saturated heterocycles. The Morgan fingerprint density at radius 2 is 1.66 bits per heavy atom. The van der Waals surface area contributed by atoms with E-state index in [0.717, 1.165) is 22.4 Å². The highest BCUT2D eigenvalue weighted by atomic mass is 32.2. The second-order valence-corrected chi connectivity index (χ2v) is 9.55. The normalized spacial score (nSPS) is 12.9. The third-order valence-corrected chi connectivity index (χ3v) is 5.62. The lowest BCUT2D eigenvalue weighted by atomic mass is 9.90. The average Bonchev–Trinajstić information content (AvgIpc) is 2.61. The van der Waals surface area contributed by atoms with E-state index in [0.29, 0.717) is 5.56 Å². The van der Waals surface area contributed by atoms with Gasteiger partial charge in [-0.15, -0.1) is 0 Å². The number of carbonyl (C=O) groups excluding carboxylic acids is 1. The van der Waals surface area contributed by atoms with Gasteiger partial charge in [-0.2, -0.15) is 0 Å². The van der Waals surface area contributed by atoms with Crippen LogP contribution < -0.4 is 10.0 Å². The maximum absolute atomic E-state index is 12.6. The van der Waals surface area contributed by atoms with Gasteiger partial charge in [-0.25, -0.2) is 14.0 Å². The van der Waals surface area contributed by atoms with E-state index in [4.69, 9.17) is 0 Å². The molecule has 0 fully saturated rings. The van der Waals surface area contributed by atoms with Gasteiger partial charge in [0.05, 0.1) is 5.60 Å². The standard InChI is InChI=1S/C22H31N3O3S/c1-13(2)17-10-15(5)11-18(14(3)4)20(17)24-21(26)25-29(28)19-12-16(8-9-23-19)22(6,7)27/h8-14,27H,1-7H3,(H2,24,25,26). The van der Waals surface area contributed by atoms with Crippen molar-refractivity contribution in [3.8, 4) is 0 Å². The molecule has 1 aromatic carbocycles. The minimum atomic E-state index is -1.86. The van der Waals surface area contributed by atoms with E-state index in [1.54, 1.807) is 19.9 Å². The number of aromatic nitrogens is 1. The van der Waals surface area contributed by atoms with Crippen LogP contribution in [0.25, 0.3) is 0 Å². The van der Waals surface area contributed by atoms with Gasteiger partial charge in [0.25, 0.3) is 0 Å². The topological polar surface area (TPSA) is 91.3 Å². The Labute approximate surface area is 175 Å². The minimum Gasteiger partial charge on any atom is -0.386 e. The molecule has 0 radical (unpaired) electrons. The van der Waals surface area contributed by atoms with Crippen LogP contribution in [0.15, 0.2) is 35.5 Å². The fourth-order valence-corrected chi connectivity index (χ4v) is 3.78. The van der Waals surface area contributed by atoms with Crippen LogP contribution in [0.2, 0.25) is 0 Å². The summed E-state index contributed by atoms with van der Waals surface area (Å²) in [5.74, 6) is 0.441. The van der Waals surface area contributed by atoms with Crippen LogP contribution in [0.4, 0.5) is 10.5 Å². The Kier molecular flexibility index (Phi) is 7.19. The number of benzene rings is 1. The Bertz CT molecular complexity index is 889. The highest BCUT2D eigenvalue weighted by molar-refractivity contribution is 7.83. The third kappa shape index (κ3) is 5.87. The zero-order valence-electron chi connectivity index (χ0n) is 18.2. The van der Waals surface area contributed by atoms with Gasteiger partial charge in [0.2, 0.25) is 0 Å². The summed E-state index contributed by atoms with van der Waals surface area (Å²) in [6.07, 6.45) is 1.47. The molecule has 1 heterocycles. The molecule has 2 rings (SSSR count). The molecular weight excluding hydrogens is 386 g/mol. The van der Waals surface area contributed by atoms with E-state index < -0.39 is 22.6 Å². The van der Waals surface area contributed by atoms with E-state index in [2.05, 4.69) is 54.9 Å². The van der Waals surface area contributed by atoms with Crippen LogP contribution >= 0.6 is 0 Å². The lowest BCUT2D eigenvalue weighted by Crippen LogP contribution is -2.32. The van der Waals surface area contributed by atoms with E-state index in [-0.39, 0.29) is 16.9 Å². The summed E-state index contributed by atoms with van der Waals surface area (Å²) in [6, 6.07) is 6.75. The van der Waals surface area contributed by atoms with Crippen LogP contribution in [-0.2, 0) is 16.6 Å². The van der Waals surface area contributed by atoms with Gasteiger partial charge in [0.1, 0.15) is 5.03 Å². The SMILES string of the molecule is Cc1cc(C(C)C)c(NC(=O)NS(=O)c2cc(C(C)(C)O)ccn2)c(C(C)C)c1. The van der Waals surface area contributed by atoms with Crippen LogP contribution in [0.5, 0.6) is 0 Å². The molecule has 0 aliphatic rings. The van der Waals surface area contributed by atoms with Crippen LogP contribution in [0.3, 0.4) is 0 Å². The number of nitrogens with zero attached hydrogens (tertiary/aromatic N) is 1. The number of hydrogen-bond donors (Lipinski definition) is 3. The molecule has 0 saturated carbocycles. The molecule has 7 heteroatoms. The first kappa shape index (κ1) is 23.0. The molecule has 1 unspecified atom stereocenters. The van der Waals surface area contributed by atoms with Crippen molar-refractivity contribution in [1.29, 1.82) is 0 Å². The maximum Gasteiger partial charge on any atom is 0.331 e. The summed E-state index contributed by atoms with van der Waals surface area (Å²) in [6.45, 7) is 13.6. The fraction of sp³-hybridized carbons (Fsp3) is 0.455. The van der Waals surface area contributed by atoms with Gasteiger partial charge in [-0.1, -0.05) is 45.4 Å². The molecular formula is C22H31N3O3S. The summed E-state index contributed by atoms with van der Waals surface area (Å²) in [5.41, 5.74) is 3.45. The summed E-state index contributed by atoms with van der Waals surface area (Å²) >= 11 is 0. The molecule has 1 aromatic heterocycles. The molecule has 1 atom stereocenters. The van der Waals surface area contributed by atoms with Crippen molar-refractivity contribution in [2.75, 3.05) is 5.32 Å². The van der Waals surface area contributed by atoms with Crippen molar-refractivity contribution in [2.24, 2.45) is 0 Å². The summed E-state index contributed by atoms with van der Waals surface area (Å²) < 4.78 is 15.1. The molecule has 3 N–H and O–H groups in total. The minimum absolute atomic E-state index is 0.178. The molecule has 6 nitrogen and oxygen atoms in total. The molecule has 29 heavy (non-hydrogen) atoms. The number of aliphatic hydroxyl groups is 1. The van der Waals surface area contributed by atoms with Crippen molar-refractivity contribution < 1.29 is 14.1 Å². The zero-order valence-corrected chi connectivity index (χ0v) is 19.0. The smallest absolute Gasteiger partial charge is 0.331 e. The molecule has 2 aromatic rings. The summed E-state index contributed by atoms with van der Waals surface area (Å²) in [4.78, 5) is 16.7. The molecule has 158 valence electrons. The predicted molar refractivity (Wildman–Crippen MR) is 117 cm³/mol. The Balaban J connectivity index is 2.27. The number of hydrogen-bond acceptors (Lipinski definition) is 4. The average molecular weight is 418 g/mol. The van der Waals surface area contributed by atoms with Crippen molar-refractivity contribution in [3.63, 3.8) is 0 Å². The van der Waals surface area contributed by atoms with Crippen LogP contribution in [0, 0.1) is 6.92 Å². The Morgan fingerprint density at radius 3 is 2.14 bits per heavy atom.